The number of rotatable bonds is 6. The second-order valence-electron chi connectivity index (χ2n) is 4.05. The quantitative estimate of drug-likeness (QED) is 0.803. The second-order valence-corrected chi connectivity index (χ2v) is 4.05. The van der Waals surface area contributed by atoms with E-state index in [1.807, 2.05) is 19.2 Å². The first-order chi connectivity index (χ1) is 7.67. The maximum atomic E-state index is 5.89. The van der Waals surface area contributed by atoms with Gasteiger partial charge in [0.15, 0.2) is 0 Å². The fourth-order valence-electron chi connectivity index (χ4n) is 1.37. The number of pyridine rings is 1. The fraction of sp³-hybridized carbons (Fsp3) is 0.615. The third-order valence-corrected chi connectivity index (χ3v) is 2.55. The summed E-state index contributed by atoms with van der Waals surface area (Å²) in [5, 5.41) is 3.30. The van der Waals surface area contributed by atoms with Crippen LogP contribution in [0, 0.1) is 6.92 Å². The molecular formula is C13H22N2O. The first-order valence-corrected chi connectivity index (χ1v) is 6.00. The van der Waals surface area contributed by atoms with E-state index in [0.29, 0.717) is 0 Å². The van der Waals surface area contributed by atoms with Gasteiger partial charge in [0.2, 0.25) is 0 Å². The monoisotopic (exact) mass is 222 g/mol. The minimum absolute atomic E-state index is 0.252. The van der Waals surface area contributed by atoms with Gasteiger partial charge < -0.3 is 10.1 Å². The van der Waals surface area contributed by atoms with E-state index in [0.717, 1.165) is 36.5 Å². The van der Waals surface area contributed by atoms with E-state index < -0.39 is 0 Å². The van der Waals surface area contributed by atoms with Gasteiger partial charge in [0.05, 0.1) is 6.10 Å². The molecule has 1 rings (SSSR count). The molecule has 0 saturated carbocycles. The third kappa shape index (κ3) is 3.81. The molecule has 0 aliphatic rings. The van der Waals surface area contributed by atoms with Crippen LogP contribution in [-0.4, -0.2) is 17.6 Å². The molecule has 0 aliphatic carbocycles. The van der Waals surface area contributed by atoms with Crippen molar-refractivity contribution in [1.82, 2.24) is 10.3 Å². The Bertz CT molecular complexity index is 326. The SMILES string of the molecule is CCNCc1cnc(C)cc1OC(C)CC. The minimum atomic E-state index is 0.252. The molecule has 3 heteroatoms. The molecule has 0 bridgehead atoms. The van der Waals surface area contributed by atoms with Crippen molar-refractivity contribution in [3.8, 4) is 5.75 Å². The van der Waals surface area contributed by atoms with Crippen molar-refractivity contribution in [2.45, 2.75) is 46.8 Å². The van der Waals surface area contributed by atoms with Crippen LogP contribution in [0.3, 0.4) is 0 Å². The minimum Gasteiger partial charge on any atom is -0.490 e. The zero-order valence-corrected chi connectivity index (χ0v) is 10.7. The highest BCUT2D eigenvalue weighted by Gasteiger charge is 2.07. The molecule has 0 amide bonds. The summed E-state index contributed by atoms with van der Waals surface area (Å²) in [4.78, 5) is 4.31. The van der Waals surface area contributed by atoms with Crippen LogP contribution in [0.4, 0.5) is 0 Å². The molecular weight excluding hydrogens is 200 g/mol. The Morgan fingerprint density at radius 1 is 1.44 bits per heavy atom. The molecule has 16 heavy (non-hydrogen) atoms. The van der Waals surface area contributed by atoms with Gasteiger partial charge in [-0.15, -0.1) is 0 Å². The van der Waals surface area contributed by atoms with E-state index in [4.69, 9.17) is 4.74 Å². The lowest BCUT2D eigenvalue weighted by Gasteiger charge is -2.16. The van der Waals surface area contributed by atoms with Crippen molar-refractivity contribution in [2.24, 2.45) is 0 Å². The van der Waals surface area contributed by atoms with Crippen molar-refractivity contribution in [3.05, 3.63) is 23.5 Å². The molecule has 1 aromatic rings. The van der Waals surface area contributed by atoms with Crippen molar-refractivity contribution >= 4 is 0 Å². The summed E-state index contributed by atoms with van der Waals surface area (Å²) in [6.07, 6.45) is 3.17. The molecule has 0 aromatic carbocycles. The third-order valence-electron chi connectivity index (χ3n) is 2.55. The average molecular weight is 222 g/mol. The summed E-state index contributed by atoms with van der Waals surface area (Å²) in [5.41, 5.74) is 2.13. The van der Waals surface area contributed by atoms with Gasteiger partial charge in [0.25, 0.3) is 0 Å². The average Bonchev–Trinajstić information content (AvgIpc) is 2.28. The number of nitrogens with zero attached hydrogens (tertiary/aromatic N) is 1. The Morgan fingerprint density at radius 3 is 2.81 bits per heavy atom. The number of hydrogen-bond donors (Lipinski definition) is 1. The summed E-state index contributed by atoms with van der Waals surface area (Å²) in [6.45, 7) is 10.1. The van der Waals surface area contributed by atoms with Crippen LogP contribution in [0.5, 0.6) is 5.75 Å². The molecule has 1 N–H and O–H groups in total. The van der Waals surface area contributed by atoms with Gasteiger partial charge in [-0.2, -0.15) is 0 Å². The number of ether oxygens (including phenoxy) is 1. The van der Waals surface area contributed by atoms with Gasteiger partial charge in [-0.05, 0) is 26.8 Å². The van der Waals surface area contributed by atoms with Gasteiger partial charge in [0.1, 0.15) is 5.75 Å². The Hall–Kier alpha value is -1.09. The summed E-state index contributed by atoms with van der Waals surface area (Å²) in [6, 6.07) is 2.01. The van der Waals surface area contributed by atoms with Gasteiger partial charge in [-0.1, -0.05) is 13.8 Å². The summed E-state index contributed by atoms with van der Waals surface area (Å²) in [5.74, 6) is 0.961. The Kier molecular flexibility index (Phi) is 5.26. The zero-order chi connectivity index (χ0) is 12.0. The summed E-state index contributed by atoms with van der Waals surface area (Å²) in [7, 11) is 0. The fourth-order valence-corrected chi connectivity index (χ4v) is 1.37. The van der Waals surface area contributed by atoms with Gasteiger partial charge in [-0.25, -0.2) is 0 Å². The molecule has 1 atom stereocenters. The van der Waals surface area contributed by atoms with Crippen LogP contribution in [0.2, 0.25) is 0 Å². The van der Waals surface area contributed by atoms with E-state index in [1.54, 1.807) is 0 Å². The highest BCUT2D eigenvalue weighted by atomic mass is 16.5. The molecule has 0 fully saturated rings. The van der Waals surface area contributed by atoms with Crippen LogP contribution in [0.25, 0.3) is 0 Å². The molecule has 90 valence electrons. The van der Waals surface area contributed by atoms with Crippen molar-refractivity contribution in [2.75, 3.05) is 6.54 Å². The van der Waals surface area contributed by atoms with Crippen molar-refractivity contribution < 1.29 is 4.74 Å². The smallest absolute Gasteiger partial charge is 0.127 e. The second kappa shape index (κ2) is 6.48. The van der Waals surface area contributed by atoms with E-state index in [9.17, 15) is 0 Å². The molecule has 3 nitrogen and oxygen atoms in total. The van der Waals surface area contributed by atoms with Gasteiger partial charge >= 0.3 is 0 Å². The Labute approximate surface area is 98.2 Å². The lowest BCUT2D eigenvalue weighted by molar-refractivity contribution is 0.214. The van der Waals surface area contributed by atoms with Crippen LogP contribution < -0.4 is 10.1 Å². The van der Waals surface area contributed by atoms with E-state index >= 15 is 0 Å². The predicted molar refractivity (Wildman–Crippen MR) is 66.7 cm³/mol. The number of hydrogen-bond acceptors (Lipinski definition) is 3. The standard InChI is InChI=1S/C13H22N2O/c1-5-11(4)16-13-7-10(3)15-9-12(13)8-14-6-2/h7,9,11,14H,5-6,8H2,1-4H3. The molecule has 0 aliphatic heterocycles. The summed E-state index contributed by atoms with van der Waals surface area (Å²) >= 11 is 0. The lowest BCUT2D eigenvalue weighted by Crippen LogP contribution is -2.16. The van der Waals surface area contributed by atoms with E-state index in [1.165, 1.54) is 0 Å². The highest BCUT2D eigenvalue weighted by Crippen LogP contribution is 2.20. The van der Waals surface area contributed by atoms with E-state index in [2.05, 4.69) is 31.1 Å². The molecule has 1 aromatic heterocycles. The Morgan fingerprint density at radius 2 is 2.19 bits per heavy atom. The maximum Gasteiger partial charge on any atom is 0.127 e. The van der Waals surface area contributed by atoms with Crippen molar-refractivity contribution in [1.29, 1.82) is 0 Å². The van der Waals surface area contributed by atoms with Crippen LogP contribution >= 0.6 is 0 Å². The molecule has 1 heterocycles. The topological polar surface area (TPSA) is 34.2 Å². The van der Waals surface area contributed by atoms with Gasteiger partial charge in [-0.3, -0.25) is 4.98 Å². The van der Waals surface area contributed by atoms with Crippen LogP contribution in [0.15, 0.2) is 12.3 Å². The molecule has 0 spiro atoms. The Balaban J connectivity index is 2.80. The zero-order valence-electron chi connectivity index (χ0n) is 10.7. The number of nitrogens with one attached hydrogen (secondary N) is 1. The lowest BCUT2D eigenvalue weighted by atomic mass is 10.2. The predicted octanol–water partition coefficient (Wildman–Crippen LogP) is 2.68. The van der Waals surface area contributed by atoms with Crippen LogP contribution in [0.1, 0.15) is 38.4 Å². The van der Waals surface area contributed by atoms with E-state index in [-0.39, 0.29) is 6.10 Å². The largest absolute Gasteiger partial charge is 0.490 e. The highest BCUT2D eigenvalue weighted by molar-refractivity contribution is 5.33. The summed E-state index contributed by atoms with van der Waals surface area (Å²) < 4.78 is 5.89. The molecule has 0 radical (unpaired) electrons. The number of aryl methyl sites for hydroxylation is 1. The van der Waals surface area contributed by atoms with Crippen molar-refractivity contribution in [3.63, 3.8) is 0 Å². The normalized spacial score (nSPS) is 12.5. The molecule has 1 unspecified atom stereocenters. The number of aromatic nitrogens is 1. The maximum absolute atomic E-state index is 5.89. The van der Waals surface area contributed by atoms with Gasteiger partial charge in [0, 0.05) is 30.1 Å². The first kappa shape index (κ1) is 13.0. The molecule has 0 saturated heterocycles. The first-order valence-electron chi connectivity index (χ1n) is 6.00. The van der Waals surface area contributed by atoms with Crippen LogP contribution in [-0.2, 0) is 6.54 Å².